The van der Waals surface area contributed by atoms with E-state index in [1.807, 2.05) is 31.3 Å². The van der Waals surface area contributed by atoms with E-state index >= 15 is 0 Å². The second-order valence-electron chi connectivity index (χ2n) is 5.72. The zero-order valence-electron chi connectivity index (χ0n) is 14.7. The minimum absolute atomic E-state index is 0.00725. The van der Waals surface area contributed by atoms with E-state index in [0.717, 1.165) is 16.7 Å². The number of nitro groups is 1. The summed E-state index contributed by atoms with van der Waals surface area (Å²) in [4.78, 5) is 19.3. The summed E-state index contributed by atoms with van der Waals surface area (Å²) in [6, 6.07) is 13.7. The maximum absolute atomic E-state index is 10.7. The second kappa shape index (κ2) is 7.61. The van der Waals surface area contributed by atoms with Gasteiger partial charge in [-0.1, -0.05) is 23.9 Å². The zero-order valence-corrected chi connectivity index (χ0v) is 15.5. The molecule has 0 atom stereocenters. The number of thioether (sulfide) groups is 1. The third-order valence-corrected chi connectivity index (χ3v) is 4.77. The average molecular weight is 394 g/mol. The largest absolute Gasteiger partial charge is 0.420 e. The maximum Gasteiger partial charge on any atom is 0.269 e. The van der Waals surface area contributed by atoms with Crippen molar-refractivity contribution in [2.75, 3.05) is 12.4 Å². The molecule has 9 nitrogen and oxygen atoms in total. The Morgan fingerprint density at radius 2 is 1.89 bits per heavy atom. The van der Waals surface area contributed by atoms with E-state index in [-0.39, 0.29) is 5.69 Å². The van der Waals surface area contributed by atoms with Crippen molar-refractivity contribution in [1.82, 2.24) is 20.2 Å². The molecule has 0 fully saturated rings. The standard InChI is InChI=1S/C18H14N6O3S/c1-19-16-13-4-2-3-5-14(13)20-18(21-16)28-10-15-22-23-17(27-15)11-6-8-12(9-7-11)24(25)26/h2-9H,10H2,1H3,(H,19,20,21). The highest BCUT2D eigenvalue weighted by molar-refractivity contribution is 7.98. The van der Waals surface area contributed by atoms with Crippen molar-refractivity contribution in [3.8, 4) is 11.5 Å². The van der Waals surface area contributed by atoms with Crippen LogP contribution in [-0.4, -0.2) is 32.1 Å². The molecule has 0 spiro atoms. The summed E-state index contributed by atoms with van der Waals surface area (Å²) >= 11 is 1.38. The lowest BCUT2D eigenvalue weighted by Gasteiger charge is -2.06. The first-order chi connectivity index (χ1) is 13.6. The number of nitrogens with zero attached hydrogens (tertiary/aromatic N) is 5. The predicted octanol–water partition coefficient (Wildman–Crippen LogP) is 3.92. The molecule has 4 aromatic rings. The molecule has 28 heavy (non-hydrogen) atoms. The Hall–Kier alpha value is -3.53. The van der Waals surface area contributed by atoms with Gasteiger partial charge in [0.15, 0.2) is 5.16 Å². The Kier molecular flexibility index (Phi) is 4.85. The van der Waals surface area contributed by atoms with Crippen LogP contribution in [0.25, 0.3) is 22.4 Å². The van der Waals surface area contributed by atoms with Gasteiger partial charge in [-0.05, 0) is 24.3 Å². The smallest absolute Gasteiger partial charge is 0.269 e. The van der Waals surface area contributed by atoms with Crippen LogP contribution in [-0.2, 0) is 5.75 Å². The van der Waals surface area contributed by atoms with Gasteiger partial charge in [0, 0.05) is 30.1 Å². The molecule has 0 radical (unpaired) electrons. The highest BCUT2D eigenvalue weighted by Crippen LogP contribution is 2.27. The van der Waals surface area contributed by atoms with Crippen molar-refractivity contribution in [2.24, 2.45) is 0 Å². The number of non-ortho nitro benzene ring substituents is 1. The molecular weight excluding hydrogens is 380 g/mol. The molecule has 4 rings (SSSR count). The lowest BCUT2D eigenvalue weighted by atomic mass is 10.2. The SMILES string of the molecule is CNc1nc(SCc2nnc(-c3ccc([N+](=O)[O-])cc3)o2)nc2ccccc12. The van der Waals surface area contributed by atoms with Crippen LogP contribution in [0.4, 0.5) is 11.5 Å². The molecule has 140 valence electrons. The molecule has 0 bridgehead atoms. The van der Waals surface area contributed by atoms with E-state index in [9.17, 15) is 10.1 Å². The van der Waals surface area contributed by atoms with Crippen LogP contribution < -0.4 is 5.32 Å². The molecule has 0 saturated heterocycles. The fraction of sp³-hybridized carbons (Fsp3) is 0.111. The number of hydrogen-bond acceptors (Lipinski definition) is 9. The number of rotatable bonds is 6. The maximum atomic E-state index is 10.7. The summed E-state index contributed by atoms with van der Waals surface area (Å²) in [7, 11) is 1.82. The van der Waals surface area contributed by atoms with Gasteiger partial charge in [0.1, 0.15) is 5.82 Å². The van der Waals surface area contributed by atoms with Gasteiger partial charge in [-0.2, -0.15) is 0 Å². The summed E-state index contributed by atoms with van der Waals surface area (Å²) in [6.45, 7) is 0. The first-order valence-corrected chi connectivity index (χ1v) is 9.27. The van der Waals surface area contributed by atoms with Crippen molar-refractivity contribution in [3.05, 3.63) is 64.5 Å². The van der Waals surface area contributed by atoms with Crippen molar-refractivity contribution in [1.29, 1.82) is 0 Å². The molecule has 2 heterocycles. The van der Waals surface area contributed by atoms with Gasteiger partial charge in [-0.25, -0.2) is 9.97 Å². The van der Waals surface area contributed by atoms with Crippen LogP contribution in [0.1, 0.15) is 5.89 Å². The lowest BCUT2D eigenvalue weighted by Crippen LogP contribution is -1.98. The second-order valence-corrected chi connectivity index (χ2v) is 6.66. The third kappa shape index (κ3) is 3.62. The lowest BCUT2D eigenvalue weighted by molar-refractivity contribution is -0.384. The average Bonchev–Trinajstić information content (AvgIpc) is 3.20. The minimum atomic E-state index is -0.456. The molecule has 0 saturated carbocycles. The molecule has 0 aliphatic carbocycles. The quantitative estimate of drug-likeness (QED) is 0.224. The molecule has 0 amide bonds. The third-order valence-electron chi connectivity index (χ3n) is 3.94. The molecule has 2 aromatic carbocycles. The topological polar surface area (TPSA) is 120 Å². The summed E-state index contributed by atoms with van der Waals surface area (Å²) in [5.74, 6) is 1.88. The van der Waals surface area contributed by atoms with Gasteiger partial charge < -0.3 is 9.73 Å². The van der Waals surface area contributed by atoms with Gasteiger partial charge in [0.05, 0.1) is 16.2 Å². The summed E-state index contributed by atoms with van der Waals surface area (Å²) in [5.41, 5.74) is 1.48. The number of fused-ring (bicyclic) bond motifs is 1. The van der Waals surface area contributed by atoms with Gasteiger partial charge in [0.25, 0.3) is 5.69 Å². The number of anilines is 1. The van der Waals surface area contributed by atoms with E-state index in [2.05, 4.69) is 25.5 Å². The molecule has 1 N–H and O–H groups in total. The number of para-hydroxylation sites is 1. The van der Waals surface area contributed by atoms with Crippen LogP contribution in [0.3, 0.4) is 0 Å². The van der Waals surface area contributed by atoms with Gasteiger partial charge in [0.2, 0.25) is 11.8 Å². The first-order valence-electron chi connectivity index (χ1n) is 8.28. The van der Waals surface area contributed by atoms with Crippen LogP contribution in [0.2, 0.25) is 0 Å². The summed E-state index contributed by atoms with van der Waals surface area (Å²) in [5, 5.41) is 23.4. The van der Waals surface area contributed by atoms with Crippen molar-refractivity contribution in [2.45, 2.75) is 10.9 Å². The highest BCUT2D eigenvalue weighted by atomic mass is 32.2. The van der Waals surface area contributed by atoms with Crippen molar-refractivity contribution >= 4 is 34.2 Å². The van der Waals surface area contributed by atoms with Crippen LogP contribution >= 0.6 is 11.8 Å². The minimum Gasteiger partial charge on any atom is -0.420 e. The Bertz CT molecular complexity index is 1150. The number of benzene rings is 2. The number of nitro benzene ring substituents is 1. The van der Waals surface area contributed by atoms with Gasteiger partial charge in [-0.15, -0.1) is 10.2 Å². The summed E-state index contributed by atoms with van der Waals surface area (Å²) < 4.78 is 5.65. The van der Waals surface area contributed by atoms with E-state index in [0.29, 0.717) is 28.3 Å². The van der Waals surface area contributed by atoms with Crippen molar-refractivity contribution < 1.29 is 9.34 Å². The zero-order chi connectivity index (χ0) is 19.5. The van der Waals surface area contributed by atoms with E-state index in [4.69, 9.17) is 4.42 Å². The molecule has 10 heteroatoms. The van der Waals surface area contributed by atoms with E-state index in [1.165, 1.54) is 23.9 Å². The molecule has 0 aliphatic heterocycles. The number of aromatic nitrogens is 4. The Labute approximate surface area is 163 Å². The number of nitrogens with one attached hydrogen (secondary N) is 1. The van der Waals surface area contributed by atoms with Crippen LogP contribution in [0.5, 0.6) is 0 Å². The monoisotopic (exact) mass is 394 g/mol. The number of hydrogen-bond donors (Lipinski definition) is 1. The van der Waals surface area contributed by atoms with Crippen LogP contribution in [0, 0.1) is 10.1 Å². The molecule has 0 unspecified atom stereocenters. The fourth-order valence-electron chi connectivity index (χ4n) is 2.59. The normalized spacial score (nSPS) is 10.9. The molecular formula is C18H14N6O3S. The summed E-state index contributed by atoms with van der Waals surface area (Å²) in [6.07, 6.45) is 0. The fourth-order valence-corrected chi connectivity index (χ4v) is 3.28. The van der Waals surface area contributed by atoms with Gasteiger partial charge in [-0.3, -0.25) is 10.1 Å². The Balaban J connectivity index is 1.50. The Morgan fingerprint density at radius 1 is 1.11 bits per heavy atom. The van der Waals surface area contributed by atoms with Gasteiger partial charge >= 0.3 is 0 Å². The Morgan fingerprint density at radius 3 is 2.64 bits per heavy atom. The van der Waals surface area contributed by atoms with E-state index < -0.39 is 4.92 Å². The highest BCUT2D eigenvalue weighted by Gasteiger charge is 2.13. The van der Waals surface area contributed by atoms with Crippen molar-refractivity contribution in [3.63, 3.8) is 0 Å². The van der Waals surface area contributed by atoms with E-state index in [1.54, 1.807) is 12.1 Å². The van der Waals surface area contributed by atoms with Crippen LogP contribution in [0.15, 0.2) is 58.1 Å². The molecule has 0 aliphatic rings. The first kappa shape index (κ1) is 17.9. The molecule has 2 aromatic heterocycles. The predicted molar refractivity (Wildman–Crippen MR) is 105 cm³/mol.